The maximum absolute atomic E-state index is 4.14. The average Bonchev–Trinajstić information content (AvgIpc) is 2.70. The highest BCUT2D eigenvalue weighted by Crippen LogP contribution is 2.37. The van der Waals surface area contributed by atoms with Gasteiger partial charge in [0.2, 0.25) is 0 Å². The smallest absolute Gasteiger partial charge is 0.0156 e. The normalized spacial score (nSPS) is 24.6. The Balaban J connectivity index is 1.43. The van der Waals surface area contributed by atoms with E-state index in [9.17, 15) is 0 Å². The van der Waals surface area contributed by atoms with Gasteiger partial charge >= 0.3 is 0 Å². The van der Waals surface area contributed by atoms with E-state index < -0.39 is 0 Å². The topological polar surface area (TPSA) is 0 Å². The minimum Gasteiger partial charge on any atom is -0.0999 e. The maximum atomic E-state index is 4.14. The van der Waals surface area contributed by atoms with Crippen molar-refractivity contribution in [3.63, 3.8) is 0 Å². The van der Waals surface area contributed by atoms with E-state index in [0.29, 0.717) is 0 Å². The van der Waals surface area contributed by atoms with E-state index in [1.807, 2.05) is 0 Å². The van der Waals surface area contributed by atoms with E-state index in [1.165, 1.54) is 73.6 Å². The molecule has 2 aliphatic carbocycles. The molecule has 2 aromatic rings. The van der Waals surface area contributed by atoms with Gasteiger partial charge in [-0.1, -0.05) is 80.4 Å². The minimum atomic E-state index is 0.727. The Kier molecular flexibility index (Phi) is 5.29. The maximum Gasteiger partial charge on any atom is -0.0156 e. The van der Waals surface area contributed by atoms with Crippen molar-refractivity contribution in [1.29, 1.82) is 0 Å². The number of hydrogen-bond acceptors (Lipinski definition) is 0. The van der Waals surface area contributed by atoms with Gasteiger partial charge in [0.25, 0.3) is 0 Å². The molecule has 0 aliphatic heterocycles. The highest BCUT2D eigenvalue weighted by atomic mass is 14.2. The molecule has 0 unspecified atom stereocenters. The summed E-state index contributed by atoms with van der Waals surface area (Å²) >= 11 is 0. The van der Waals surface area contributed by atoms with Crippen LogP contribution in [0.3, 0.4) is 0 Å². The van der Waals surface area contributed by atoms with Crippen molar-refractivity contribution >= 4 is 0 Å². The fraction of sp³-hybridized carbons (Fsp3) is 0.462. The van der Waals surface area contributed by atoms with E-state index in [1.54, 1.807) is 5.56 Å². The van der Waals surface area contributed by atoms with Gasteiger partial charge in [0.15, 0.2) is 0 Å². The Hall–Kier alpha value is -1.82. The highest BCUT2D eigenvalue weighted by Gasteiger charge is 2.20. The molecule has 0 aromatic heterocycles. The fourth-order valence-corrected chi connectivity index (χ4v) is 4.85. The van der Waals surface area contributed by atoms with Gasteiger partial charge in [0.1, 0.15) is 0 Å². The van der Waals surface area contributed by atoms with Crippen LogP contribution in [0.25, 0.3) is 11.1 Å². The Labute approximate surface area is 159 Å². The van der Waals surface area contributed by atoms with Gasteiger partial charge in [0, 0.05) is 0 Å². The van der Waals surface area contributed by atoms with Crippen LogP contribution in [0.15, 0.2) is 60.7 Å². The first kappa shape index (κ1) is 17.6. The van der Waals surface area contributed by atoms with Gasteiger partial charge in [-0.3, -0.25) is 0 Å². The summed E-state index contributed by atoms with van der Waals surface area (Å²) in [6.45, 7) is 6.54. The molecule has 2 fully saturated rings. The molecule has 0 heterocycles. The SMILES string of the molecule is C=C1CCC(c2ccc(-c3ccc(C4CCC(C)CC4)cc3)cc2)CC1. The quantitative estimate of drug-likeness (QED) is 0.497. The van der Waals surface area contributed by atoms with Crippen LogP contribution >= 0.6 is 0 Å². The van der Waals surface area contributed by atoms with Gasteiger partial charge in [-0.15, -0.1) is 0 Å². The first-order chi connectivity index (χ1) is 12.7. The number of benzene rings is 2. The van der Waals surface area contributed by atoms with Gasteiger partial charge in [-0.25, -0.2) is 0 Å². The third kappa shape index (κ3) is 3.95. The van der Waals surface area contributed by atoms with E-state index >= 15 is 0 Å². The van der Waals surface area contributed by atoms with E-state index in [-0.39, 0.29) is 0 Å². The molecule has 2 saturated carbocycles. The second-order valence-electron chi connectivity index (χ2n) is 8.73. The molecular weight excluding hydrogens is 312 g/mol. The zero-order chi connectivity index (χ0) is 17.9. The first-order valence-electron chi connectivity index (χ1n) is 10.6. The summed E-state index contributed by atoms with van der Waals surface area (Å²) in [6, 6.07) is 18.7. The molecule has 4 rings (SSSR count). The Morgan fingerprint density at radius 1 is 0.615 bits per heavy atom. The second-order valence-corrected chi connectivity index (χ2v) is 8.73. The summed E-state index contributed by atoms with van der Waals surface area (Å²) in [7, 11) is 0. The van der Waals surface area contributed by atoms with Crippen molar-refractivity contribution < 1.29 is 0 Å². The van der Waals surface area contributed by atoms with Crippen molar-refractivity contribution in [3.8, 4) is 11.1 Å². The van der Waals surface area contributed by atoms with Crippen LogP contribution in [0.2, 0.25) is 0 Å². The lowest BCUT2D eigenvalue weighted by Gasteiger charge is -2.26. The number of allylic oxidation sites excluding steroid dienone is 1. The van der Waals surface area contributed by atoms with Gasteiger partial charge in [-0.2, -0.15) is 0 Å². The molecule has 2 aliphatic rings. The predicted molar refractivity (Wildman–Crippen MR) is 113 cm³/mol. The Morgan fingerprint density at radius 2 is 1.04 bits per heavy atom. The molecule has 0 atom stereocenters. The van der Waals surface area contributed by atoms with Crippen molar-refractivity contribution in [3.05, 3.63) is 71.8 Å². The summed E-state index contributed by atoms with van der Waals surface area (Å²) in [6.07, 6.45) is 10.5. The third-order valence-corrected chi connectivity index (χ3v) is 6.81. The van der Waals surface area contributed by atoms with Crippen molar-refractivity contribution in [2.24, 2.45) is 5.92 Å². The van der Waals surface area contributed by atoms with Gasteiger partial charge in [-0.05, 0) is 78.5 Å². The summed E-state index contributed by atoms with van der Waals surface area (Å²) in [5.41, 5.74) is 7.18. The first-order valence-corrected chi connectivity index (χ1v) is 10.6. The molecule has 2 aromatic carbocycles. The van der Waals surface area contributed by atoms with Crippen LogP contribution in [0.5, 0.6) is 0 Å². The van der Waals surface area contributed by atoms with Crippen LogP contribution < -0.4 is 0 Å². The number of rotatable bonds is 3. The second kappa shape index (κ2) is 7.82. The van der Waals surface area contributed by atoms with Crippen LogP contribution in [0.1, 0.15) is 81.3 Å². The molecule has 0 spiro atoms. The monoisotopic (exact) mass is 344 g/mol. The molecule has 0 amide bonds. The van der Waals surface area contributed by atoms with Crippen molar-refractivity contribution in [2.45, 2.75) is 70.1 Å². The highest BCUT2D eigenvalue weighted by molar-refractivity contribution is 5.64. The summed E-state index contributed by atoms with van der Waals surface area (Å²) < 4.78 is 0. The summed E-state index contributed by atoms with van der Waals surface area (Å²) in [5.74, 6) is 2.43. The van der Waals surface area contributed by atoms with Crippen LogP contribution in [-0.4, -0.2) is 0 Å². The lowest BCUT2D eigenvalue weighted by molar-refractivity contribution is 0.348. The van der Waals surface area contributed by atoms with Gasteiger partial charge < -0.3 is 0 Å². The van der Waals surface area contributed by atoms with E-state index in [4.69, 9.17) is 0 Å². The minimum absolute atomic E-state index is 0.727. The zero-order valence-corrected chi connectivity index (χ0v) is 16.2. The number of hydrogen-bond donors (Lipinski definition) is 0. The predicted octanol–water partition coefficient (Wildman–Crippen LogP) is 7.86. The van der Waals surface area contributed by atoms with Gasteiger partial charge in [0.05, 0.1) is 0 Å². The third-order valence-electron chi connectivity index (χ3n) is 6.81. The molecular formula is C26H32. The van der Waals surface area contributed by atoms with Crippen molar-refractivity contribution in [1.82, 2.24) is 0 Å². The largest absolute Gasteiger partial charge is 0.0999 e. The van der Waals surface area contributed by atoms with Crippen LogP contribution in [0, 0.1) is 5.92 Å². The lowest BCUT2D eigenvalue weighted by Crippen LogP contribution is -2.10. The standard InChI is InChI=1S/C26H32/c1-19-3-7-21(8-4-19)23-11-15-25(16-12-23)26-17-13-24(14-18-26)22-9-5-20(2)6-10-22/h11-18,20-22H,1,3-10H2,2H3. The fourth-order valence-electron chi connectivity index (χ4n) is 4.85. The van der Waals surface area contributed by atoms with E-state index in [2.05, 4.69) is 62.0 Å². The summed E-state index contributed by atoms with van der Waals surface area (Å²) in [5, 5.41) is 0. The summed E-state index contributed by atoms with van der Waals surface area (Å²) in [4.78, 5) is 0. The molecule has 0 radical (unpaired) electrons. The van der Waals surface area contributed by atoms with Crippen molar-refractivity contribution in [2.75, 3.05) is 0 Å². The molecule has 0 bridgehead atoms. The van der Waals surface area contributed by atoms with E-state index in [0.717, 1.165) is 17.8 Å². The molecule has 136 valence electrons. The Bertz CT molecular complexity index is 717. The Morgan fingerprint density at radius 3 is 1.50 bits per heavy atom. The molecule has 0 nitrogen and oxygen atoms in total. The molecule has 0 N–H and O–H groups in total. The molecule has 0 heteroatoms. The molecule has 0 saturated heterocycles. The molecule has 26 heavy (non-hydrogen) atoms. The van der Waals surface area contributed by atoms with Crippen LogP contribution in [-0.2, 0) is 0 Å². The lowest BCUT2D eigenvalue weighted by atomic mass is 9.79. The average molecular weight is 345 g/mol. The zero-order valence-electron chi connectivity index (χ0n) is 16.2. The van der Waals surface area contributed by atoms with Crippen LogP contribution in [0.4, 0.5) is 0 Å².